The number of carbonyl (C=O) groups is 1. The molecular formula is C19H22N2OS. The number of ketones is 1. The number of nitrogens with zero attached hydrogens (tertiary/aromatic N) is 2. The lowest BCUT2D eigenvalue weighted by atomic mass is 9.90. The number of hydrogen-bond acceptors (Lipinski definition) is 4. The number of likely N-dealkylation sites (tertiary alicyclic amines) is 1. The van der Waals surface area contributed by atoms with Crippen LogP contribution in [-0.4, -0.2) is 35.0 Å². The van der Waals surface area contributed by atoms with Crippen molar-refractivity contribution in [2.75, 3.05) is 19.3 Å². The third-order valence-electron chi connectivity index (χ3n) is 4.36. The standard InChI is InChI=1S/C19H22N2OS/c1-23-18-10-3-2-9-17(18)19(22)15-7-6-12-21(13-15)14-16-8-4-5-11-20-16/h2-5,8-11,15H,6-7,12-14H2,1H3/t15-/m1/s1. The molecule has 1 aromatic carbocycles. The van der Waals surface area contributed by atoms with Crippen LogP contribution < -0.4 is 0 Å². The molecule has 23 heavy (non-hydrogen) atoms. The Morgan fingerprint density at radius 1 is 1.26 bits per heavy atom. The summed E-state index contributed by atoms with van der Waals surface area (Å²) in [5.41, 5.74) is 1.95. The molecule has 120 valence electrons. The highest BCUT2D eigenvalue weighted by Crippen LogP contribution is 2.27. The summed E-state index contributed by atoms with van der Waals surface area (Å²) >= 11 is 1.65. The molecule has 3 nitrogen and oxygen atoms in total. The first-order valence-corrected chi connectivity index (χ1v) is 9.30. The van der Waals surface area contributed by atoms with Crippen LogP contribution in [0.3, 0.4) is 0 Å². The largest absolute Gasteiger partial charge is 0.297 e. The number of rotatable bonds is 5. The molecule has 0 radical (unpaired) electrons. The fourth-order valence-electron chi connectivity index (χ4n) is 3.20. The van der Waals surface area contributed by atoms with Gasteiger partial charge in [-0.05, 0) is 43.8 Å². The molecule has 0 aliphatic carbocycles. The lowest BCUT2D eigenvalue weighted by Crippen LogP contribution is -2.38. The Bertz CT molecular complexity index is 659. The molecule has 2 heterocycles. The predicted octanol–water partition coefficient (Wildman–Crippen LogP) is 3.90. The van der Waals surface area contributed by atoms with E-state index in [1.807, 2.05) is 48.9 Å². The minimum atomic E-state index is 0.0979. The predicted molar refractivity (Wildman–Crippen MR) is 94.8 cm³/mol. The molecule has 1 aliphatic rings. The molecule has 0 saturated carbocycles. The van der Waals surface area contributed by atoms with Crippen molar-refractivity contribution in [2.24, 2.45) is 5.92 Å². The summed E-state index contributed by atoms with van der Waals surface area (Å²) in [5, 5.41) is 0. The maximum atomic E-state index is 12.9. The minimum absolute atomic E-state index is 0.0979. The van der Waals surface area contributed by atoms with E-state index in [1.165, 1.54) is 0 Å². The van der Waals surface area contributed by atoms with Crippen LogP contribution in [0.2, 0.25) is 0 Å². The average molecular weight is 326 g/mol. The molecule has 0 bridgehead atoms. The quantitative estimate of drug-likeness (QED) is 0.616. The number of pyridine rings is 1. The van der Waals surface area contributed by atoms with Crippen molar-refractivity contribution >= 4 is 17.5 Å². The first kappa shape index (κ1) is 16.2. The van der Waals surface area contributed by atoms with Crippen LogP contribution in [0.5, 0.6) is 0 Å². The molecule has 2 aromatic rings. The van der Waals surface area contributed by atoms with E-state index in [-0.39, 0.29) is 5.92 Å². The minimum Gasteiger partial charge on any atom is -0.297 e. The third kappa shape index (κ3) is 4.01. The second-order valence-corrected chi connectivity index (χ2v) is 6.81. The summed E-state index contributed by atoms with van der Waals surface area (Å²) in [6.45, 7) is 2.71. The van der Waals surface area contributed by atoms with Gasteiger partial charge in [-0.1, -0.05) is 24.3 Å². The molecule has 3 rings (SSSR count). The van der Waals surface area contributed by atoms with Gasteiger partial charge in [0.15, 0.2) is 5.78 Å². The molecule has 0 unspecified atom stereocenters. The van der Waals surface area contributed by atoms with Crippen LogP contribution in [0.1, 0.15) is 28.9 Å². The van der Waals surface area contributed by atoms with E-state index in [9.17, 15) is 4.79 Å². The zero-order valence-electron chi connectivity index (χ0n) is 13.4. The van der Waals surface area contributed by atoms with E-state index in [4.69, 9.17) is 0 Å². The van der Waals surface area contributed by atoms with Crippen LogP contribution in [0, 0.1) is 5.92 Å². The zero-order valence-corrected chi connectivity index (χ0v) is 14.3. The summed E-state index contributed by atoms with van der Waals surface area (Å²) in [6.07, 6.45) is 5.92. The highest BCUT2D eigenvalue weighted by Gasteiger charge is 2.27. The maximum Gasteiger partial charge on any atom is 0.168 e. The van der Waals surface area contributed by atoms with Gasteiger partial charge in [-0.3, -0.25) is 14.7 Å². The second-order valence-electron chi connectivity index (χ2n) is 5.96. The Balaban J connectivity index is 1.69. The summed E-state index contributed by atoms with van der Waals surface area (Å²) in [7, 11) is 0. The van der Waals surface area contributed by atoms with E-state index < -0.39 is 0 Å². The van der Waals surface area contributed by atoms with Crippen molar-refractivity contribution in [3.63, 3.8) is 0 Å². The molecule has 1 atom stereocenters. The monoisotopic (exact) mass is 326 g/mol. The Morgan fingerprint density at radius 2 is 2.09 bits per heavy atom. The molecule has 0 amide bonds. The van der Waals surface area contributed by atoms with Crippen LogP contribution in [-0.2, 0) is 6.54 Å². The zero-order chi connectivity index (χ0) is 16.1. The molecule has 1 aliphatic heterocycles. The number of piperidine rings is 1. The normalized spacial score (nSPS) is 18.7. The fourth-order valence-corrected chi connectivity index (χ4v) is 3.81. The van der Waals surface area contributed by atoms with Crippen LogP contribution in [0.25, 0.3) is 0 Å². The average Bonchev–Trinajstić information content (AvgIpc) is 2.62. The topological polar surface area (TPSA) is 33.2 Å². The molecular weight excluding hydrogens is 304 g/mol. The van der Waals surface area contributed by atoms with Gasteiger partial charge in [-0.15, -0.1) is 11.8 Å². The Labute approximate surface area is 142 Å². The fraction of sp³-hybridized carbons (Fsp3) is 0.368. The van der Waals surface area contributed by atoms with Gasteiger partial charge in [-0.25, -0.2) is 0 Å². The molecule has 1 fully saturated rings. The van der Waals surface area contributed by atoms with Gasteiger partial charge in [0.25, 0.3) is 0 Å². The van der Waals surface area contributed by atoms with Gasteiger partial charge in [0.1, 0.15) is 0 Å². The van der Waals surface area contributed by atoms with Gasteiger partial charge in [0.05, 0.1) is 5.69 Å². The summed E-state index contributed by atoms with van der Waals surface area (Å²) in [5.74, 6) is 0.390. The number of thioether (sulfide) groups is 1. The van der Waals surface area contributed by atoms with E-state index in [2.05, 4.69) is 16.0 Å². The van der Waals surface area contributed by atoms with E-state index in [0.29, 0.717) is 5.78 Å². The van der Waals surface area contributed by atoms with Crippen molar-refractivity contribution < 1.29 is 4.79 Å². The molecule has 0 spiro atoms. The summed E-state index contributed by atoms with van der Waals surface area (Å²) in [4.78, 5) is 20.8. The maximum absolute atomic E-state index is 12.9. The van der Waals surface area contributed by atoms with Gasteiger partial charge in [-0.2, -0.15) is 0 Å². The lowest BCUT2D eigenvalue weighted by molar-refractivity contribution is 0.0807. The number of hydrogen-bond donors (Lipinski definition) is 0. The number of Topliss-reactive ketones (excluding diaryl/α,β-unsaturated/α-hetero) is 1. The Hall–Kier alpha value is -1.65. The third-order valence-corrected chi connectivity index (χ3v) is 5.16. The Kier molecular flexibility index (Phi) is 5.47. The van der Waals surface area contributed by atoms with Crippen molar-refractivity contribution in [2.45, 2.75) is 24.3 Å². The van der Waals surface area contributed by atoms with Gasteiger partial charge in [0, 0.05) is 35.7 Å². The summed E-state index contributed by atoms with van der Waals surface area (Å²) in [6, 6.07) is 14.0. The molecule has 1 aromatic heterocycles. The van der Waals surface area contributed by atoms with Gasteiger partial charge in [0.2, 0.25) is 0 Å². The number of benzene rings is 1. The van der Waals surface area contributed by atoms with Gasteiger partial charge >= 0.3 is 0 Å². The summed E-state index contributed by atoms with van der Waals surface area (Å²) < 4.78 is 0. The van der Waals surface area contributed by atoms with Crippen LogP contribution in [0.4, 0.5) is 0 Å². The molecule has 0 N–H and O–H groups in total. The first-order valence-electron chi connectivity index (χ1n) is 8.07. The molecule has 1 saturated heterocycles. The van der Waals surface area contributed by atoms with Crippen molar-refractivity contribution in [3.8, 4) is 0 Å². The van der Waals surface area contributed by atoms with Crippen LogP contribution >= 0.6 is 11.8 Å². The first-order chi connectivity index (χ1) is 11.3. The van der Waals surface area contributed by atoms with Gasteiger partial charge < -0.3 is 0 Å². The Morgan fingerprint density at radius 3 is 2.87 bits per heavy atom. The number of carbonyl (C=O) groups excluding carboxylic acids is 1. The SMILES string of the molecule is CSc1ccccc1C(=O)[C@@H]1CCCN(Cc2ccccn2)C1. The lowest BCUT2D eigenvalue weighted by Gasteiger charge is -2.32. The second kappa shape index (κ2) is 7.75. The van der Waals surface area contributed by atoms with Crippen molar-refractivity contribution in [3.05, 3.63) is 59.9 Å². The van der Waals surface area contributed by atoms with Crippen LogP contribution in [0.15, 0.2) is 53.6 Å². The molecule has 4 heteroatoms. The number of aromatic nitrogens is 1. The van der Waals surface area contributed by atoms with E-state index in [0.717, 1.165) is 48.6 Å². The smallest absolute Gasteiger partial charge is 0.168 e. The highest BCUT2D eigenvalue weighted by atomic mass is 32.2. The van der Waals surface area contributed by atoms with E-state index in [1.54, 1.807) is 11.8 Å². The highest BCUT2D eigenvalue weighted by molar-refractivity contribution is 7.98. The van der Waals surface area contributed by atoms with E-state index >= 15 is 0 Å². The van der Waals surface area contributed by atoms with Crippen molar-refractivity contribution in [1.29, 1.82) is 0 Å². The van der Waals surface area contributed by atoms with Crippen molar-refractivity contribution in [1.82, 2.24) is 9.88 Å².